The first kappa shape index (κ1) is 19.4. The number of carbonyl (C=O) groups excluding carboxylic acids is 1. The van der Waals surface area contributed by atoms with E-state index in [9.17, 15) is 4.79 Å². The molecule has 4 nitrogen and oxygen atoms in total. The van der Waals surface area contributed by atoms with Crippen molar-refractivity contribution in [1.29, 1.82) is 0 Å². The van der Waals surface area contributed by atoms with Gasteiger partial charge in [-0.3, -0.25) is 4.79 Å². The summed E-state index contributed by atoms with van der Waals surface area (Å²) in [5, 5.41) is 2.97. The van der Waals surface area contributed by atoms with Gasteiger partial charge in [0.15, 0.2) is 6.61 Å². The molecule has 1 amide bonds. The van der Waals surface area contributed by atoms with Gasteiger partial charge in [0.1, 0.15) is 5.75 Å². The van der Waals surface area contributed by atoms with Crippen molar-refractivity contribution in [1.82, 2.24) is 5.32 Å². The Kier molecular flexibility index (Phi) is 5.56. The van der Waals surface area contributed by atoms with E-state index in [4.69, 9.17) is 9.47 Å². The first-order valence-electron chi connectivity index (χ1n) is 9.43. The van der Waals surface area contributed by atoms with Crippen LogP contribution in [0.5, 0.6) is 5.75 Å². The largest absolute Gasteiger partial charge is 0.484 e. The average Bonchev–Trinajstić information content (AvgIpc) is 3.03. The summed E-state index contributed by atoms with van der Waals surface area (Å²) < 4.78 is 11.4. The second kappa shape index (κ2) is 7.73. The summed E-state index contributed by atoms with van der Waals surface area (Å²) in [6.07, 6.45) is 1.63. The first-order valence-corrected chi connectivity index (χ1v) is 9.43. The zero-order valence-electron chi connectivity index (χ0n) is 16.7. The first-order chi connectivity index (χ1) is 12.8. The maximum Gasteiger partial charge on any atom is 0.258 e. The van der Waals surface area contributed by atoms with Gasteiger partial charge in [-0.15, -0.1) is 0 Å². The highest BCUT2D eigenvalue weighted by Crippen LogP contribution is 2.32. The van der Waals surface area contributed by atoms with Crippen LogP contribution in [0.1, 0.15) is 37.5 Å². The van der Waals surface area contributed by atoms with Crippen molar-refractivity contribution in [3.05, 3.63) is 65.2 Å². The number of ether oxygens (including phenoxy) is 2. The van der Waals surface area contributed by atoms with E-state index in [2.05, 4.69) is 38.2 Å². The molecule has 0 saturated heterocycles. The fraction of sp³-hybridized carbons (Fsp3) is 0.435. The van der Waals surface area contributed by atoms with Gasteiger partial charge in [-0.2, -0.15) is 0 Å². The molecule has 2 aromatic rings. The van der Waals surface area contributed by atoms with Crippen LogP contribution in [-0.2, 0) is 27.8 Å². The van der Waals surface area contributed by atoms with E-state index in [1.807, 2.05) is 36.4 Å². The SMILES string of the molecule is COC1(CNC(=O)COc2ccc(C(C)(C)C)cc2)Cc2ccccc2C1. The molecule has 0 heterocycles. The molecule has 4 heteroatoms. The van der Waals surface area contributed by atoms with Crippen molar-refractivity contribution in [2.24, 2.45) is 0 Å². The molecule has 0 aliphatic heterocycles. The van der Waals surface area contributed by atoms with Crippen LogP contribution in [0.2, 0.25) is 0 Å². The molecule has 1 N–H and O–H groups in total. The number of rotatable bonds is 6. The number of hydrogen-bond acceptors (Lipinski definition) is 3. The van der Waals surface area contributed by atoms with Gasteiger partial charge in [0.05, 0.1) is 5.60 Å². The maximum absolute atomic E-state index is 12.2. The van der Waals surface area contributed by atoms with E-state index < -0.39 is 0 Å². The molecule has 0 unspecified atom stereocenters. The number of fused-ring (bicyclic) bond motifs is 1. The minimum atomic E-state index is -0.367. The Morgan fingerprint density at radius 2 is 1.63 bits per heavy atom. The van der Waals surface area contributed by atoms with Crippen LogP contribution in [-0.4, -0.2) is 31.8 Å². The fourth-order valence-corrected chi connectivity index (χ4v) is 3.51. The van der Waals surface area contributed by atoms with Gasteiger partial charge in [0.25, 0.3) is 5.91 Å². The quantitative estimate of drug-likeness (QED) is 0.848. The summed E-state index contributed by atoms with van der Waals surface area (Å²) in [6, 6.07) is 16.3. The highest BCUT2D eigenvalue weighted by molar-refractivity contribution is 5.77. The van der Waals surface area contributed by atoms with Crippen LogP contribution in [0.3, 0.4) is 0 Å². The van der Waals surface area contributed by atoms with Crippen LogP contribution in [0.4, 0.5) is 0 Å². The monoisotopic (exact) mass is 367 g/mol. The van der Waals surface area contributed by atoms with E-state index in [0.717, 1.165) is 12.8 Å². The number of nitrogens with one attached hydrogen (secondary N) is 1. The molecule has 0 fully saturated rings. The predicted octanol–water partition coefficient (Wildman–Crippen LogP) is 3.66. The molecule has 0 saturated carbocycles. The summed E-state index contributed by atoms with van der Waals surface area (Å²) in [5.74, 6) is 0.565. The van der Waals surface area contributed by atoms with Crippen LogP contribution >= 0.6 is 0 Å². The summed E-state index contributed by atoms with van der Waals surface area (Å²) in [5.41, 5.74) is 3.56. The lowest BCUT2D eigenvalue weighted by Gasteiger charge is -2.27. The number of carbonyl (C=O) groups is 1. The van der Waals surface area contributed by atoms with E-state index in [-0.39, 0.29) is 23.5 Å². The normalized spacial score (nSPS) is 15.3. The topological polar surface area (TPSA) is 47.6 Å². The standard InChI is InChI=1S/C23H29NO3/c1-22(2,3)19-9-11-20(12-10-19)27-15-21(25)24-16-23(26-4)13-17-7-5-6-8-18(17)14-23/h5-12H,13-16H2,1-4H3,(H,24,25). The van der Waals surface area contributed by atoms with Crippen LogP contribution in [0.25, 0.3) is 0 Å². The molecule has 0 radical (unpaired) electrons. The Morgan fingerprint density at radius 3 is 2.15 bits per heavy atom. The van der Waals surface area contributed by atoms with Gasteiger partial charge in [-0.05, 0) is 34.2 Å². The Morgan fingerprint density at radius 1 is 1.04 bits per heavy atom. The fourth-order valence-electron chi connectivity index (χ4n) is 3.51. The van der Waals surface area contributed by atoms with Crippen LogP contribution < -0.4 is 10.1 Å². The van der Waals surface area contributed by atoms with Crippen molar-refractivity contribution in [3.8, 4) is 5.75 Å². The van der Waals surface area contributed by atoms with Crippen LogP contribution in [0, 0.1) is 0 Å². The highest BCUT2D eigenvalue weighted by Gasteiger charge is 2.37. The number of methoxy groups -OCH3 is 1. The summed E-state index contributed by atoms with van der Waals surface area (Å²) in [4.78, 5) is 12.2. The summed E-state index contributed by atoms with van der Waals surface area (Å²) in [7, 11) is 1.71. The number of benzene rings is 2. The van der Waals surface area contributed by atoms with Gasteiger partial charge < -0.3 is 14.8 Å². The summed E-state index contributed by atoms with van der Waals surface area (Å²) in [6.45, 7) is 6.99. The average molecular weight is 367 g/mol. The second-order valence-electron chi connectivity index (χ2n) is 8.35. The zero-order chi connectivity index (χ0) is 19.5. The molecule has 144 valence electrons. The molecular formula is C23H29NO3. The Hall–Kier alpha value is -2.33. The molecule has 0 aromatic heterocycles. The molecule has 2 aromatic carbocycles. The van der Waals surface area contributed by atoms with E-state index in [1.54, 1.807) is 7.11 Å². The summed E-state index contributed by atoms with van der Waals surface area (Å²) >= 11 is 0. The third-order valence-corrected chi connectivity index (χ3v) is 5.27. The number of hydrogen-bond donors (Lipinski definition) is 1. The lowest BCUT2D eigenvalue weighted by atomic mass is 9.87. The van der Waals surface area contributed by atoms with Gasteiger partial charge in [-0.1, -0.05) is 57.2 Å². The van der Waals surface area contributed by atoms with Crippen molar-refractivity contribution in [2.75, 3.05) is 20.3 Å². The van der Waals surface area contributed by atoms with E-state index in [0.29, 0.717) is 12.3 Å². The minimum absolute atomic E-state index is 0.00159. The van der Waals surface area contributed by atoms with Crippen LogP contribution in [0.15, 0.2) is 48.5 Å². The minimum Gasteiger partial charge on any atom is -0.484 e. The second-order valence-corrected chi connectivity index (χ2v) is 8.35. The van der Waals surface area contributed by atoms with Gasteiger partial charge in [0, 0.05) is 26.5 Å². The van der Waals surface area contributed by atoms with Crippen molar-refractivity contribution < 1.29 is 14.3 Å². The molecule has 0 spiro atoms. The van der Waals surface area contributed by atoms with Gasteiger partial charge in [-0.25, -0.2) is 0 Å². The molecule has 0 bridgehead atoms. The lowest BCUT2D eigenvalue weighted by molar-refractivity contribution is -0.124. The van der Waals surface area contributed by atoms with E-state index >= 15 is 0 Å². The Balaban J connectivity index is 1.50. The molecule has 27 heavy (non-hydrogen) atoms. The van der Waals surface area contributed by atoms with Gasteiger partial charge in [0.2, 0.25) is 0 Å². The third kappa shape index (κ3) is 4.69. The maximum atomic E-state index is 12.2. The van der Waals surface area contributed by atoms with Crippen molar-refractivity contribution >= 4 is 5.91 Å². The lowest BCUT2D eigenvalue weighted by Crippen LogP contribution is -2.46. The molecule has 3 rings (SSSR count). The van der Waals surface area contributed by atoms with Crippen molar-refractivity contribution in [3.63, 3.8) is 0 Å². The smallest absolute Gasteiger partial charge is 0.258 e. The van der Waals surface area contributed by atoms with Crippen molar-refractivity contribution in [2.45, 2.75) is 44.6 Å². The third-order valence-electron chi connectivity index (χ3n) is 5.27. The highest BCUT2D eigenvalue weighted by atomic mass is 16.5. The number of amides is 1. The molecule has 1 aliphatic rings. The Bertz CT molecular complexity index is 765. The Labute approximate surface area is 161 Å². The zero-order valence-corrected chi connectivity index (χ0v) is 16.7. The van der Waals surface area contributed by atoms with Gasteiger partial charge >= 0.3 is 0 Å². The molecule has 0 atom stereocenters. The van der Waals surface area contributed by atoms with E-state index in [1.165, 1.54) is 16.7 Å². The predicted molar refractivity (Wildman–Crippen MR) is 107 cm³/mol. The molecular weight excluding hydrogens is 338 g/mol. The molecule has 1 aliphatic carbocycles.